The number of benzene rings is 2. The largest absolute Gasteiger partial charge is 0.493 e. The second kappa shape index (κ2) is 9.51. The van der Waals surface area contributed by atoms with Crippen LogP contribution in [0.4, 0.5) is 0 Å². The number of fused-ring (bicyclic) bond motifs is 1. The Hall–Kier alpha value is -3.54. The van der Waals surface area contributed by atoms with Crippen LogP contribution in [0.3, 0.4) is 0 Å². The summed E-state index contributed by atoms with van der Waals surface area (Å²) in [6.45, 7) is 6.00. The van der Waals surface area contributed by atoms with E-state index in [2.05, 4.69) is 35.9 Å². The molecule has 0 aliphatic rings. The molecule has 6 nitrogen and oxygen atoms in total. The van der Waals surface area contributed by atoms with Gasteiger partial charge in [-0.3, -0.25) is 4.79 Å². The molecule has 0 aliphatic heterocycles. The summed E-state index contributed by atoms with van der Waals surface area (Å²) >= 11 is 0. The molecular formula is C25H27N3O3. The van der Waals surface area contributed by atoms with Gasteiger partial charge in [-0.2, -0.15) is 0 Å². The lowest BCUT2D eigenvalue weighted by Crippen LogP contribution is -2.24. The third-order valence-corrected chi connectivity index (χ3v) is 5.47. The van der Waals surface area contributed by atoms with Crippen molar-refractivity contribution in [3.8, 4) is 5.75 Å². The number of aromatic nitrogens is 2. The predicted molar refractivity (Wildman–Crippen MR) is 120 cm³/mol. The van der Waals surface area contributed by atoms with Crippen LogP contribution >= 0.6 is 0 Å². The molecule has 2 aromatic carbocycles. The Labute approximate surface area is 181 Å². The van der Waals surface area contributed by atoms with Gasteiger partial charge in [0.25, 0.3) is 5.91 Å². The maximum absolute atomic E-state index is 12.2. The fraction of sp³-hybridized carbons (Fsp3) is 0.280. The van der Waals surface area contributed by atoms with Crippen LogP contribution in [0, 0.1) is 13.8 Å². The molecule has 0 spiro atoms. The molecule has 0 saturated heterocycles. The number of hydrogen-bond acceptors (Lipinski definition) is 4. The van der Waals surface area contributed by atoms with Crippen LogP contribution in [-0.2, 0) is 13.1 Å². The minimum absolute atomic E-state index is 0.245. The summed E-state index contributed by atoms with van der Waals surface area (Å²) in [6, 6.07) is 17.5. The zero-order chi connectivity index (χ0) is 21.6. The van der Waals surface area contributed by atoms with E-state index in [4.69, 9.17) is 14.1 Å². The van der Waals surface area contributed by atoms with E-state index in [-0.39, 0.29) is 5.91 Å². The molecule has 4 aromatic rings. The Morgan fingerprint density at radius 1 is 1.06 bits per heavy atom. The number of nitrogens with one attached hydrogen (secondary N) is 1. The normalized spacial score (nSPS) is 11.0. The van der Waals surface area contributed by atoms with Crippen molar-refractivity contribution in [1.82, 2.24) is 14.9 Å². The number of hydrogen-bond donors (Lipinski definition) is 1. The zero-order valence-electron chi connectivity index (χ0n) is 17.9. The second-order valence-electron chi connectivity index (χ2n) is 7.58. The quantitative estimate of drug-likeness (QED) is 0.388. The summed E-state index contributed by atoms with van der Waals surface area (Å²) in [5.74, 6) is 1.84. The van der Waals surface area contributed by atoms with Gasteiger partial charge >= 0.3 is 0 Å². The van der Waals surface area contributed by atoms with Gasteiger partial charge in [0, 0.05) is 6.54 Å². The summed E-state index contributed by atoms with van der Waals surface area (Å²) in [5, 5.41) is 2.90. The molecule has 6 heteroatoms. The highest BCUT2D eigenvalue weighted by Crippen LogP contribution is 2.21. The Kier molecular flexibility index (Phi) is 6.36. The average Bonchev–Trinajstić information content (AvgIpc) is 3.43. The maximum atomic E-state index is 12.2. The first-order chi connectivity index (χ1) is 15.1. The van der Waals surface area contributed by atoms with Gasteiger partial charge in [-0.15, -0.1) is 0 Å². The van der Waals surface area contributed by atoms with E-state index in [1.807, 2.05) is 30.3 Å². The molecule has 2 heterocycles. The van der Waals surface area contributed by atoms with E-state index in [1.54, 1.807) is 12.1 Å². The third-order valence-electron chi connectivity index (χ3n) is 5.47. The molecule has 4 rings (SSSR count). The topological polar surface area (TPSA) is 69.3 Å². The van der Waals surface area contributed by atoms with Crippen LogP contribution in [0.25, 0.3) is 11.0 Å². The van der Waals surface area contributed by atoms with Gasteiger partial charge in [0.05, 0.1) is 30.4 Å². The van der Waals surface area contributed by atoms with E-state index in [0.717, 1.165) is 42.0 Å². The second-order valence-corrected chi connectivity index (χ2v) is 7.58. The summed E-state index contributed by atoms with van der Waals surface area (Å²) in [4.78, 5) is 17.0. The van der Waals surface area contributed by atoms with Crippen LogP contribution in [0.2, 0.25) is 0 Å². The molecule has 31 heavy (non-hydrogen) atoms. The van der Waals surface area contributed by atoms with Crippen LogP contribution in [0.1, 0.15) is 40.3 Å². The highest BCUT2D eigenvalue weighted by atomic mass is 16.5. The zero-order valence-corrected chi connectivity index (χ0v) is 17.9. The van der Waals surface area contributed by atoms with Crippen molar-refractivity contribution in [1.29, 1.82) is 0 Å². The standard InChI is InChI=1S/C25H27N3O3/c1-18-9-7-12-22(19(18)2)30-15-6-5-14-28-21-11-4-3-10-20(21)27-24(28)17-26-25(29)23-13-8-16-31-23/h3-4,7-13,16H,5-6,14-15,17H2,1-2H3,(H,26,29). The molecule has 0 atom stereocenters. The van der Waals surface area contributed by atoms with Gasteiger partial charge in [0.1, 0.15) is 11.6 Å². The molecule has 0 fully saturated rings. The van der Waals surface area contributed by atoms with Crippen molar-refractivity contribution in [2.45, 2.75) is 39.8 Å². The molecule has 0 unspecified atom stereocenters. The number of aryl methyl sites for hydroxylation is 2. The van der Waals surface area contributed by atoms with Crippen molar-refractivity contribution in [2.75, 3.05) is 6.61 Å². The van der Waals surface area contributed by atoms with E-state index in [0.29, 0.717) is 18.9 Å². The third kappa shape index (κ3) is 4.79. The number of rotatable bonds is 9. The molecular weight excluding hydrogens is 390 g/mol. The number of carbonyl (C=O) groups is 1. The Morgan fingerprint density at radius 2 is 1.94 bits per heavy atom. The molecule has 160 valence electrons. The van der Waals surface area contributed by atoms with E-state index < -0.39 is 0 Å². The van der Waals surface area contributed by atoms with E-state index >= 15 is 0 Å². The van der Waals surface area contributed by atoms with Crippen molar-refractivity contribution in [3.05, 3.63) is 83.6 Å². The lowest BCUT2D eigenvalue weighted by Gasteiger charge is -2.12. The van der Waals surface area contributed by atoms with Gasteiger partial charge in [-0.1, -0.05) is 24.3 Å². The number of ether oxygens (including phenoxy) is 1. The molecule has 0 radical (unpaired) electrons. The van der Waals surface area contributed by atoms with Crippen LogP contribution in [-0.4, -0.2) is 22.1 Å². The van der Waals surface area contributed by atoms with Crippen molar-refractivity contribution in [2.24, 2.45) is 0 Å². The maximum Gasteiger partial charge on any atom is 0.287 e. The lowest BCUT2D eigenvalue weighted by molar-refractivity contribution is 0.0921. The smallest absolute Gasteiger partial charge is 0.287 e. The first-order valence-electron chi connectivity index (χ1n) is 10.6. The first-order valence-corrected chi connectivity index (χ1v) is 10.6. The average molecular weight is 418 g/mol. The number of nitrogens with zero attached hydrogens (tertiary/aromatic N) is 2. The molecule has 2 aromatic heterocycles. The minimum Gasteiger partial charge on any atom is -0.493 e. The number of carbonyl (C=O) groups excluding carboxylic acids is 1. The molecule has 0 saturated carbocycles. The predicted octanol–water partition coefficient (Wildman–Crippen LogP) is 5.04. The first kappa shape index (κ1) is 20.7. The highest BCUT2D eigenvalue weighted by Gasteiger charge is 2.13. The SMILES string of the molecule is Cc1cccc(OCCCCn2c(CNC(=O)c3ccco3)nc3ccccc32)c1C. The van der Waals surface area contributed by atoms with E-state index in [9.17, 15) is 4.79 Å². The Bertz CT molecular complexity index is 1160. The van der Waals surface area contributed by atoms with Crippen molar-refractivity contribution in [3.63, 3.8) is 0 Å². The lowest BCUT2D eigenvalue weighted by atomic mass is 10.1. The van der Waals surface area contributed by atoms with Gasteiger partial charge in [0.2, 0.25) is 0 Å². The summed E-state index contributed by atoms with van der Waals surface area (Å²) in [5.41, 5.74) is 4.43. The van der Waals surface area contributed by atoms with Gasteiger partial charge in [-0.05, 0) is 68.1 Å². The summed E-state index contributed by atoms with van der Waals surface area (Å²) in [7, 11) is 0. The summed E-state index contributed by atoms with van der Waals surface area (Å²) in [6.07, 6.45) is 3.37. The van der Waals surface area contributed by atoms with Crippen molar-refractivity contribution >= 4 is 16.9 Å². The van der Waals surface area contributed by atoms with Crippen LogP contribution in [0.15, 0.2) is 65.3 Å². The molecule has 0 bridgehead atoms. The fourth-order valence-electron chi connectivity index (χ4n) is 3.60. The van der Waals surface area contributed by atoms with E-state index in [1.165, 1.54) is 17.4 Å². The number of imidazole rings is 1. The highest BCUT2D eigenvalue weighted by molar-refractivity contribution is 5.91. The monoisotopic (exact) mass is 417 g/mol. The minimum atomic E-state index is -0.245. The van der Waals surface area contributed by atoms with Gasteiger partial charge in [0.15, 0.2) is 5.76 Å². The molecule has 0 aliphatic carbocycles. The molecule has 1 amide bonds. The van der Waals surface area contributed by atoms with Gasteiger partial charge < -0.3 is 19.0 Å². The summed E-state index contributed by atoms with van der Waals surface area (Å²) < 4.78 is 13.3. The van der Waals surface area contributed by atoms with Crippen LogP contribution in [0.5, 0.6) is 5.75 Å². The number of unbranched alkanes of at least 4 members (excludes halogenated alkanes) is 1. The Morgan fingerprint density at radius 3 is 2.77 bits per heavy atom. The van der Waals surface area contributed by atoms with Crippen molar-refractivity contribution < 1.29 is 13.9 Å². The number of para-hydroxylation sites is 2. The van der Waals surface area contributed by atoms with Gasteiger partial charge in [-0.25, -0.2) is 4.98 Å². The Balaban J connectivity index is 1.37. The fourth-order valence-corrected chi connectivity index (χ4v) is 3.60. The number of furan rings is 1. The number of amides is 1. The van der Waals surface area contributed by atoms with Crippen LogP contribution < -0.4 is 10.1 Å². The molecule has 1 N–H and O–H groups in total.